The van der Waals surface area contributed by atoms with Crippen molar-refractivity contribution in [1.29, 1.82) is 0 Å². The van der Waals surface area contributed by atoms with Crippen LogP contribution >= 0.6 is 0 Å². The Labute approximate surface area is 159 Å². The van der Waals surface area contributed by atoms with E-state index in [-0.39, 0.29) is 18.5 Å². The van der Waals surface area contributed by atoms with E-state index in [4.69, 9.17) is 4.74 Å². The van der Waals surface area contributed by atoms with E-state index >= 15 is 0 Å². The zero-order chi connectivity index (χ0) is 19.1. The maximum atomic E-state index is 11.6. The van der Waals surface area contributed by atoms with Gasteiger partial charge >= 0.3 is 5.97 Å². The van der Waals surface area contributed by atoms with Gasteiger partial charge in [-0.15, -0.1) is 0 Å². The maximum Gasteiger partial charge on any atom is 0.306 e. The molecule has 0 saturated carbocycles. The Morgan fingerprint density at radius 2 is 2.04 bits per heavy atom. The van der Waals surface area contributed by atoms with Gasteiger partial charge in [-0.05, 0) is 43.7 Å². The van der Waals surface area contributed by atoms with Crippen molar-refractivity contribution in [2.24, 2.45) is 5.92 Å². The van der Waals surface area contributed by atoms with Crippen LogP contribution in [-0.2, 0) is 14.3 Å². The summed E-state index contributed by atoms with van der Waals surface area (Å²) in [5.41, 5.74) is 2.21. The molecule has 0 radical (unpaired) electrons. The number of carbonyl (C=O) groups excluding carboxylic acids is 2. The van der Waals surface area contributed by atoms with Crippen LogP contribution in [0.3, 0.4) is 0 Å². The van der Waals surface area contributed by atoms with E-state index in [1.165, 1.54) is 18.1 Å². The van der Waals surface area contributed by atoms with Gasteiger partial charge < -0.3 is 15.0 Å². The Balaban J connectivity index is 1.39. The number of hydrogen-bond donors (Lipinski definition) is 1. The average Bonchev–Trinajstić information content (AvgIpc) is 2.72. The topological polar surface area (TPSA) is 71.5 Å². The van der Waals surface area contributed by atoms with Crippen molar-refractivity contribution >= 4 is 28.5 Å². The van der Waals surface area contributed by atoms with Crippen molar-refractivity contribution in [3.63, 3.8) is 0 Å². The molecule has 1 aromatic heterocycles. The molecule has 6 heteroatoms. The number of amides is 1. The van der Waals surface area contributed by atoms with Crippen LogP contribution in [0.4, 0.5) is 5.69 Å². The van der Waals surface area contributed by atoms with Gasteiger partial charge in [0.25, 0.3) is 5.91 Å². The number of hydrogen-bond acceptors (Lipinski definition) is 5. The molecule has 1 fully saturated rings. The highest BCUT2D eigenvalue weighted by Gasteiger charge is 2.20. The summed E-state index contributed by atoms with van der Waals surface area (Å²) in [4.78, 5) is 29.6. The second-order valence-electron chi connectivity index (χ2n) is 7.04. The van der Waals surface area contributed by atoms with E-state index in [2.05, 4.69) is 27.3 Å². The molecule has 0 unspecified atom stereocenters. The molecule has 2 aromatic rings. The van der Waals surface area contributed by atoms with Gasteiger partial charge in [0.2, 0.25) is 0 Å². The van der Waals surface area contributed by atoms with E-state index in [0.29, 0.717) is 12.3 Å². The fourth-order valence-electron chi connectivity index (χ4n) is 3.54. The summed E-state index contributed by atoms with van der Waals surface area (Å²) in [6.07, 6.45) is 6.44. The smallest absolute Gasteiger partial charge is 0.306 e. The number of ether oxygens (including phenoxy) is 1. The number of para-hydroxylation sites is 1. The van der Waals surface area contributed by atoms with Crippen molar-refractivity contribution < 1.29 is 14.3 Å². The highest BCUT2D eigenvalue weighted by atomic mass is 16.5. The van der Waals surface area contributed by atoms with Crippen molar-refractivity contribution in [2.75, 3.05) is 31.6 Å². The molecule has 1 aliphatic rings. The van der Waals surface area contributed by atoms with E-state index in [1.54, 1.807) is 0 Å². The summed E-state index contributed by atoms with van der Waals surface area (Å²) in [5, 5.41) is 3.60. The van der Waals surface area contributed by atoms with Crippen LogP contribution in [0.1, 0.15) is 32.1 Å². The molecule has 0 atom stereocenters. The van der Waals surface area contributed by atoms with Gasteiger partial charge in [0.1, 0.15) is 0 Å². The lowest BCUT2D eigenvalue weighted by atomic mass is 9.91. The number of pyridine rings is 1. The summed E-state index contributed by atoms with van der Waals surface area (Å²) >= 11 is 0. The van der Waals surface area contributed by atoms with Gasteiger partial charge in [-0.2, -0.15) is 0 Å². The van der Waals surface area contributed by atoms with Gasteiger partial charge in [0.05, 0.1) is 17.4 Å². The van der Waals surface area contributed by atoms with Gasteiger partial charge in [-0.1, -0.05) is 18.2 Å². The number of piperidine rings is 1. The maximum absolute atomic E-state index is 11.6. The van der Waals surface area contributed by atoms with Gasteiger partial charge in [0, 0.05) is 31.9 Å². The quantitative estimate of drug-likeness (QED) is 0.760. The molecule has 1 N–H and O–H groups in total. The molecular weight excluding hydrogens is 342 g/mol. The normalized spacial score (nSPS) is 14.9. The van der Waals surface area contributed by atoms with Crippen LogP contribution in [0, 0.1) is 5.92 Å². The fourth-order valence-corrected chi connectivity index (χ4v) is 3.54. The minimum Gasteiger partial charge on any atom is -0.456 e. The molecule has 1 aromatic carbocycles. The zero-order valence-electron chi connectivity index (χ0n) is 15.8. The number of benzene rings is 1. The molecule has 0 aliphatic carbocycles. The van der Waals surface area contributed by atoms with Crippen LogP contribution < -0.4 is 10.2 Å². The van der Waals surface area contributed by atoms with Crippen LogP contribution in [-0.4, -0.2) is 43.6 Å². The summed E-state index contributed by atoms with van der Waals surface area (Å²) in [6.45, 7) is 1.85. The number of rotatable bonds is 7. The molecule has 1 aliphatic heterocycles. The molecule has 3 rings (SSSR count). The first-order valence-electron chi connectivity index (χ1n) is 9.61. The Morgan fingerprint density at radius 3 is 2.81 bits per heavy atom. The predicted molar refractivity (Wildman–Crippen MR) is 106 cm³/mol. The first-order valence-corrected chi connectivity index (χ1v) is 9.61. The number of aromatic nitrogens is 1. The van der Waals surface area contributed by atoms with Crippen LogP contribution in [0.2, 0.25) is 0 Å². The first kappa shape index (κ1) is 19.1. The number of likely N-dealkylation sites (N-methyl/N-ethyl adjacent to an activating group) is 1. The summed E-state index contributed by atoms with van der Waals surface area (Å²) < 4.78 is 4.93. The standard InChI is InChI=1S/C21H27N3O3/c1-22-20(25)15-27-21(26)8-4-5-16-9-11-24(12-10-16)18-13-17-6-2-3-7-19(17)23-14-18/h2-3,6-7,13-14,16H,4-5,8-12,15H2,1H3,(H,22,25). The van der Waals surface area contributed by atoms with Crippen LogP contribution in [0.25, 0.3) is 10.9 Å². The number of fused-ring (bicyclic) bond motifs is 1. The van der Waals surface area contributed by atoms with Crippen molar-refractivity contribution in [1.82, 2.24) is 10.3 Å². The molecule has 144 valence electrons. The lowest BCUT2D eigenvalue weighted by Gasteiger charge is -2.33. The third kappa shape index (κ3) is 5.42. The largest absolute Gasteiger partial charge is 0.456 e. The number of esters is 1. The number of anilines is 1. The van der Waals surface area contributed by atoms with Gasteiger partial charge in [-0.3, -0.25) is 14.6 Å². The third-order valence-corrected chi connectivity index (χ3v) is 5.19. The molecule has 2 heterocycles. The van der Waals surface area contributed by atoms with Gasteiger partial charge in [0.15, 0.2) is 6.61 Å². The highest BCUT2D eigenvalue weighted by molar-refractivity contribution is 5.81. The SMILES string of the molecule is CNC(=O)COC(=O)CCCC1CCN(c2cnc3ccccc3c2)CC1. The number of nitrogens with one attached hydrogen (secondary N) is 1. The average molecular weight is 369 g/mol. The van der Waals surface area contributed by atoms with Crippen molar-refractivity contribution in [3.05, 3.63) is 36.5 Å². The number of nitrogens with zero attached hydrogens (tertiary/aromatic N) is 2. The van der Waals surface area contributed by atoms with E-state index in [1.807, 2.05) is 24.4 Å². The highest BCUT2D eigenvalue weighted by Crippen LogP contribution is 2.27. The predicted octanol–water partition coefficient (Wildman–Crippen LogP) is 2.91. The minimum atomic E-state index is -0.293. The first-order chi connectivity index (χ1) is 13.2. The van der Waals surface area contributed by atoms with Crippen molar-refractivity contribution in [3.8, 4) is 0 Å². The fraction of sp³-hybridized carbons (Fsp3) is 0.476. The molecule has 0 bridgehead atoms. The van der Waals surface area contributed by atoms with E-state index in [0.717, 1.165) is 44.3 Å². The second kappa shape index (κ2) is 9.35. The van der Waals surface area contributed by atoms with Crippen molar-refractivity contribution in [2.45, 2.75) is 32.1 Å². The van der Waals surface area contributed by atoms with E-state index < -0.39 is 0 Å². The molecule has 6 nitrogen and oxygen atoms in total. The Morgan fingerprint density at radius 1 is 1.26 bits per heavy atom. The minimum absolute atomic E-state index is 0.187. The molecule has 1 saturated heterocycles. The van der Waals surface area contributed by atoms with Gasteiger partial charge in [-0.25, -0.2) is 0 Å². The van der Waals surface area contributed by atoms with E-state index in [9.17, 15) is 9.59 Å². The lowest BCUT2D eigenvalue weighted by molar-refractivity contribution is -0.148. The molecule has 27 heavy (non-hydrogen) atoms. The monoisotopic (exact) mass is 369 g/mol. The Bertz CT molecular complexity index is 785. The molecular formula is C21H27N3O3. The van der Waals surface area contributed by atoms with Crippen LogP contribution in [0.5, 0.6) is 0 Å². The summed E-state index contributed by atoms with van der Waals surface area (Å²) in [6, 6.07) is 10.4. The zero-order valence-corrected chi connectivity index (χ0v) is 15.8. The lowest BCUT2D eigenvalue weighted by Crippen LogP contribution is -2.33. The molecule has 1 amide bonds. The second-order valence-corrected chi connectivity index (χ2v) is 7.04. The van der Waals surface area contributed by atoms with Crippen LogP contribution in [0.15, 0.2) is 36.5 Å². The summed E-state index contributed by atoms with van der Waals surface area (Å²) in [7, 11) is 1.52. The number of carbonyl (C=O) groups is 2. The third-order valence-electron chi connectivity index (χ3n) is 5.19. The summed E-state index contributed by atoms with van der Waals surface area (Å²) in [5.74, 6) is 0.0681. The Kier molecular flexibility index (Phi) is 6.63. The Hall–Kier alpha value is -2.63. The molecule has 0 spiro atoms.